The Labute approximate surface area is 163 Å². The van der Waals surface area contributed by atoms with Gasteiger partial charge in [0, 0.05) is 44.8 Å². The highest BCUT2D eigenvalue weighted by atomic mass is 16.1. The molecule has 0 saturated carbocycles. The maximum Gasteiger partial charge on any atom is 0.251 e. The van der Waals surface area contributed by atoms with Gasteiger partial charge in [-0.05, 0) is 41.8 Å². The number of carbonyl (C=O) groups is 1. The van der Waals surface area contributed by atoms with Crippen LogP contribution in [0.2, 0.25) is 0 Å². The van der Waals surface area contributed by atoms with E-state index in [-0.39, 0.29) is 5.91 Å². The average molecular weight is 366 g/mol. The number of nitrogens with zero attached hydrogens (tertiary/aromatic N) is 2. The summed E-state index contributed by atoms with van der Waals surface area (Å²) < 4.78 is 0. The molecule has 3 rings (SSSR count). The van der Waals surface area contributed by atoms with Crippen LogP contribution in [0.3, 0.4) is 0 Å². The van der Waals surface area contributed by atoms with E-state index in [0.717, 1.165) is 38.3 Å². The zero-order chi connectivity index (χ0) is 19.2. The highest BCUT2D eigenvalue weighted by molar-refractivity contribution is 5.94. The molecule has 1 aliphatic rings. The van der Waals surface area contributed by atoms with Crippen LogP contribution in [0.1, 0.15) is 46.8 Å². The van der Waals surface area contributed by atoms with Crippen LogP contribution in [0.4, 0.5) is 0 Å². The van der Waals surface area contributed by atoms with Gasteiger partial charge in [-0.2, -0.15) is 0 Å². The molecule has 1 N–H and O–H groups in total. The van der Waals surface area contributed by atoms with Crippen molar-refractivity contribution in [1.29, 1.82) is 0 Å². The first-order valence-electron chi connectivity index (χ1n) is 9.88. The number of hydrogen-bond donors (Lipinski definition) is 1. The Morgan fingerprint density at radius 3 is 2.33 bits per heavy atom. The molecule has 0 atom stereocenters. The summed E-state index contributed by atoms with van der Waals surface area (Å²) in [6.07, 6.45) is 0. The molecule has 144 valence electrons. The molecule has 0 radical (unpaired) electrons. The van der Waals surface area contributed by atoms with Crippen molar-refractivity contribution in [3.63, 3.8) is 0 Å². The van der Waals surface area contributed by atoms with Crippen molar-refractivity contribution < 1.29 is 4.79 Å². The molecule has 4 heteroatoms. The lowest BCUT2D eigenvalue weighted by Crippen LogP contribution is -2.43. The van der Waals surface area contributed by atoms with Crippen molar-refractivity contribution in [2.24, 2.45) is 0 Å². The number of nitrogens with one attached hydrogen (secondary N) is 1. The van der Waals surface area contributed by atoms with E-state index in [1.807, 2.05) is 24.3 Å². The van der Waals surface area contributed by atoms with Gasteiger partial charge in [-0.25, -0.2) is 0 Å². The summed E-state index contributed by atoms with van der Waals surface area (Å²) in [5.74, 6) is 0.458. The monoisotopic (exact) mass is 365 g/mol. The Balaban J connectivity index is 1.54. The molecule has 2 aromatic rings. The van der Waals surface area contributed by atoms with Gasteiger partial charge in [0.15, 0.2) is 0 Å². The molecule has 1 fully saturated rings. The number of amides is 1. The molecular weight excluding hydrogens is 334 g/mol. The minimum absolute atomic E-state index is 0.0187. The Kier molecular flexibility index (Phi) is 6.64. The second kappa shape index (κ2) is 9.16. The molecule has 1 amide bonds. The first-order valence-corrected chi connectivity index (χ1v) is 9.88. The third-order valence-corrected chi connectivity index (χ3v) is 5.29. The van der Waals surface area contributed by atoms with Gasteiger partial charge < -0.3 is 10.2 Å². The molecule has 0 aliphatic carbocycles. The maximum absolute atomic E-state index is 12.4. The number of benzene rings is 2. The topological polar surface area (TPSA) is 35.6 Å². The number of likely N-dealkylation sites (N-methyl/N-ethyl adjacent to an activating group) is 1. The Morgan fingerprint density at radius 1 is 1.00 bits per heavy atom. The van der Waals surface area contributed by atoms with E-state index in [1.54, 1.807) is 0 Å². The van der Waals surface area contributed by atoms with Gasteiger partial charge >= 0.3 is 0 Å². The van der Waals surface area contributed by atoms with Crippen LogP contribution < -0.4 is 5.32 Å². The van der Waals surface area contributed by atoms with Crippen LogP contribution in [0.15, 0.2) is 48.5 Å². The van der Waals surface area contributed by atoms with E-state index < -0.39 is 0 Å². The van der Waals surface area contributed by atoms with E-state index in [2.05, 4.69) is 60.3 Å². The van der Waals surface area contributed by atoms with Gasteiger partial charge in [0.1, 0.15) is 0 Å². The van der Waals surface area contributed by atoms with Crippen molar-refractivity contribution in [2.75, 3.05) is 33.2 Å². The van der Waals surface area contributed by atoms with Crippen LogP contribution in [0, 0.1) is 0 Å². The van der Waals surface area contributed by atoms with Crippen molar-refractivity contribution in [3.8, 4) is 0 Å². The average Bonchev–Trinajstić information content (AvgIpc) is 2.68. The van der Waals surface area contributed by atoms with Crippen molar-refractivity contribution >= 4 is 5.91 Å². The predicted molar refractivity (Wildman–Crippen MR) is 111 cm³/mol. The van der Waals surface area contributed by atoms with Gasteiger partial charge in [0.25, 0.3) is 5.91 Å². The summed E-state index contributed by atoms with van der Waals surface area (Å²) in [6, 6.07) is 16.4. The number of rotatable bonds is 6. The molecule has 0 unspecified atom stereocenters. The number of hydrogen-bond acceptors (Lipinski definition) is 3. The molecular formula is C23H31N3O. The molecule has 2 aromatic carbocycles. The van der Waals surface area contributed by atoms with Gasteiger partial charge in [0.2, 0.25) is 0 Å². The van der Waals surface area contributed by atoms with Crippen LogP contribution in [-0.4, -0.2) is 48.9 Å². The van der Waals surface area contributed by atoms with E-state index >= 15 is 0 Å². The molecule has 0 spiro atoms. The minimum atomic E-state index is -0.0187. The fourth-order valence-electron chi connectivity index (χ4n) is 3.41. The first-order chi connectivity index (χ1) is 13.0. The largest absolute Gasteiger partial charge is 0.348 e. The second-order valence-electron chi connectivity index (χ2n) is 7.86. The molecule has 4 nitrogen and oxygen atoms in total. The quantitative estimate of drug-likeness (QED) is 0.851. The lowest BCUT2D eigenvalue weighted by Gasteiger charge is -2.32. The summed E-state index contributed by atoms with van der Waals surface area (Å²) in [6.45, 7) is 10.3. The summed E-state index contributed by atoms with van der Waals surface area (Å²) in [5, 5.41) is 3.04. The van der Waals surface area contributed by atoms with E-state index in [0.29, 0.717) is 18.0 Å². The van der Waals surface area contributed by atoms with E-state index in [4.69, 9.17) is 0 Å². The summed E-state index contributed by atoms with van der Waals surface area (Å²) in [5.41, 5.74) is 4.43. The SMILES string of the molecule is CC(C)c1ccc(C(=O)NCc2cccc(CN3CCN(C)CC3)c2)cc1. The fraction of sp³-hybridized carbons (Fsp3) is 0.435. The lowest BCUT2D eigenvalue weighted by atomic mass is 10.0. The predicted octanol–water partition coefficient (Wildman–Crippen LogP) is 3.49. The van der Waals surface area contributed by atoms with Crippen molar-refractivity contribution in [1.82, 2.24) is 15.1 Å². The van der Waals surface area contributed by atoms with Gasteiger partial charge in [-0.1, -0.05) is 50.2 Å². The molecule has 0 aromatic heterocycles. The standard InChI is InChI=1S/C23H31N3O/c1-18(2)21-7-9-22(10-8-21)23(27)24-16-19-5-4-6-20(15-19)17-26-13-11-25(3)12-14-26/h4-10,15,18H,11-14,16-17H2,1-3H3,(H,24,27). The Hall–Kier alpha value is -2.17. The fourth-order valence-corrected chi connectivity index (χ4v) is 3.41. The second-order valence-corrected chi connectivity index (χ2v) is 7.86. The molecule has 0 bridgehead atoms. The molecule has 27 heavy (non-hydrogen) atoms. The van der Waals surface area contributed by atoms with Crippen LogP contribution in [0.5, 0.6) is 0 Å². The third-order valence-electron chi connectivity index (χ3n) is 5.29. The Bertz CT molecular complexity index is 746. The summed E-state index contributed by atoms with van der Waals surface area (Å²) in [7, 11) is 2.18. The maximum atomic E-state index is 12.4. The van der Waals surface area contributed by atoms with Crippen LogP contribution in [0.25, 0.3) is 0 Å². The van der Waals surface area contributed by atoms with Crippen LogP contribution in [-0.2, 0) is 13.1 Å². The van der Waals surface area contributed by atoms with E-state index in [1.165, 1.54) is 11.1 Å². The summed E-state index contributed by atoms with van der Waals surface area (Å²) in [4.78, 5) is 17.3. The lowest BCUT2D eigenvalue weighted by molar-refractivity contribution is 0.0951. The first kappa shape index (κ1) is 19.6. The van der Waals surface area contributed by atoms with E-state index in [9.17, 15) is 4.79 Å². The molecule has 1 saturated heterocycles. The summed E-state index contributed by atoms with van der Waals surface area (Å²) >= 11 is 0. The number of piperazine rings is 1. The third kappa shape index (κ3) is 5.65. The highest BCUT2D eigenvalue weighted by Crippen LogP contribution is 2.15. The van der Waals surface area contributed by atoms with Gasteiger partial charge in [-0.15, -0.1) is 0 Å². The number of carbonyl (C=O) groups excluding carboxylic acids is 1. The van der Waals surface area contributed by atoms with Crippen molar-refractivity contribution in [3.05, 3.63) is 70.8 Å². The van der Waals surface area contributed by atoms with Crippen LogP contribution >= 0.6 is 0 Å². The highest BCUT2D eigenvalue weighted by Gasteiger charge is 2.14. The van der Waals surface area contributed by atoms with Gasteiger partial charge in [-0.3, -0.25) is 9.69 Å². The smallest absolute Gasteiger partial charge is 0.251 e. The Morgan fingerprint density at radius 2 is 1.67 bits per heavy atom. The normalized spacial score (nSPS) is 15.9. The zero-order valence-corrected chi connectivity index (χ0v) is 16.7. The van der Waals surface area contributed by atoms with Gasteiger partial charge in [0.05, 0.1) is 0 Å². The molecule has 1 heterocycles. The molecule has 1 aliphatic heterocycles. The minimum Gasteiger partial charge on any atom is -0.348 e. The van der Waals surface area contributed by atoms with Crippen molar-refractivity contribution in [2.45, 2.75) is 32.9 Å². The zero-order valence-electron chi connectivity index (χ0n) is 16.7.